The minimum Gasteiger partial charge on any atom is -0.493 e. The molecular weight excluding hydrogens is 350 g/mol. The van der Waals surface area contributed by atoms with Crippen LogP contribution in [0.5, 0.6) is 17.2 Å². The average Bonchev–Trinajstić information content (AvgIpc) is 3.48. The van der Waals surface area contributed by atoms with Crippen molar-refractivity contribution < 1.29 is 14.2 Å². The molecule has 0 fully saturated rings. The molecule has 0 bridgehead atoms. The summed E-state index contributed by atoms with van der Waals surface area (Å²) < 4.78 is 16.4. The number of rotatable bonds is 4. The van der Waals surface area contributed by atoms with E-state index in [0.717, 1.165) is 16.7 Å². The topological polar surface area (TPSA) is 124 Å². The van der Waals surface area contributed by atoms with Crippen LogP contribution in [-0.2, 0) is 0 Å². The number of nitrogens with one attached hydrogen (secondary N) is 2. The standard InChI is InChI=1S/C17H13N7O3/c1-25-12-6-11(7-13-16(12)27-8-26-13)15-14(18-22-19-15)9-2-4-10(5-3-9)17-20-23-24-21-17/h2-7H,8H2,1H3,(H,18,19,22)(H,20,21,23,24). The highest BCUT2D eigenvalue weighted by Gasteiger charge is 2.23. The molecule has 0 amide bonds. The van der Waals surface area contributed by atoms with Gasteiger partial charge in [-0.15, -0.1) is 10.2 Å². The van der Waals surface area contributed by atoms with E-state index in [1.165, 1.54) is 0 Å². The lowest BCUT2D eigenvalue weighted by Crippen LogP contribution is -1.93. The lowest BCUT2D eigenvalue weighted by atomic mass is 10.0. The zero-order chi connectivity index (χ0) is 18.2. The number of hydrogen-bond acceptors (Lipinski definition) is 8. The van der Waals surface area contributed by atoms with E-state index in [9.17, 15) is 0 Å². The monoisotopic (exact) mass is 363 g/mol. The number of fused-ring (bicyclic) bond motifs is 1. The summed E-state index contributed by atoms with van der Waals surface area (Å²) in [7, 11) is 1.58. The lowest BCUT2D eigenvalue weighted by molar-refractivity contribution is 0.171. The third-order valence-corrected chi connectivity index (χ3v) is 4.24. The molecule has 0 spiro atoms. The SMILES string of the molecule is COc1cc(-c2n[nH]nc2-c2ccc(-c3nn[nH]n3)cc2)cc2c1OCO2. The Morgan fingerprint density at radius 1 is 0.889 bits per heavy atom. The maximum absolute atomic E-state index is 5.50. The first-order valence-corrected chi connectivity index (χ1v) is 8.06. The molecule has 1 aliphatic heterocycles. The van der Waals surface area contributed by atoms with Gasteiger partial charge >= 0.3 is 0 Å². The number of aromatic nitrogens is 7. The van der Waals surface area contributed by atoms with Crippen molar-refractivity contribution >= 4 is 0 Å². The number of hydrogen-bond donors (Lipinski definition) is 2. The van der Waals surface area contributed by atoms with E-state index in [-0.39, 0.29) is 6.79 Å². The summed E-state index contributed by atoms with van der Waals surface area (Å²) in [5.41, 5.74) is 3.93. The molecule has 5 rings (SSSR count). The van der Waals surface area contributed by atoms with E-state index < -0.39 is 0 Å². The highest BCUT2D eigenvalue weighted by atomic mass is 16.7. The van der Waals surface area contributed by atoms with E-state index in [1.54, 1.807) is 7.11 Å². The molecule has 4 aromatic rings. The molecule has 10 nitrogen and oxygen atoms in total. The van der Waals surface area contributed by atoms with Gasteiger partial charge in [-0.05, 0) is 17.3 Å². The van der Waals surface area contributed by atoms with Crippen LogP contribution < -0.4 is 14.2 Å². The van der Waals surface area contributed by atoms with Crippen molar-refractivity contribution in [1.29, 1.82) is 0 Å². The molecule has 2 aromatic heterocycles. The van der Waals surface area contributed by atoms with Gasteiger partial charge in [-0.25, -0.2) is 0 Å². The number of methoxy groups -OCH3 is 1. The molecule has 0 aliphatic carbocycles. The van der Waals surface area contributed by atoms with Gasteiger partial charge in [0.2, 0.25) is 18.4 Å². The van der Waals surface area contributed by atoms with Crippen molar-refractivity contribution in [2.45, 2.75) is 0 Å². The summed E-state index contributed by atoms with van der Waals surface area (Å²) in [5.74, 6) is 2.32. The van der Waals surface area contributed by atoms with Gasteiger partial charge in [0.05, 0.1) is 7.11 Å². The lowest BCUT2D eigenvalue weighted by Gasteiger charge is -2.08. The fourth-order valence-corrected chi connectivity index (χ4v) is 2.96. The molecule has 0 unspecified atom stereocenters. The maximum atomic E-state index is 5.50. The second kappa shape index (κ2) is 6.09. The predicted molar refractivity (Wildman–Crippen MR) is 93.1 cm³/mol. The van der Waals surface area contributed by atoms with Crippen molar-refractivity contribution in [2.24, 2.45) is 0 Å². The smallest absolute Gasteiger partial charge is 0.231 e. The van der Waals surface area contributed by atoms with Gasteiger partial charge in [0.1, 0.15) is 11.4 Å². The fourth-order valence-electron chi connectivity index (χ4n) is 2.96. The van der Waals surface area contributed by atoms with Crippen LogP contribution in [0.3, 0.4) is 0 Å². The van der Waals surface area contributed by atoms with Crippen LogP contribution in [0, 0.1) is 0 Å². The molecule has 2 aromatic carbocycles. The van der Waals surface area contributed by atoms with Gasteiger partial charge in [-0.3, -0.25) is 0 Å². The quantitative estimate of drug-likeness (QED) is 0.565. The van der Waals surface area contributed by atoms with E-state index in [2.05, 4.69) is 36.0 Å². The first kappa shape index (κ1) is 15.3. The van der Waals surface area contributed by atoms with Gasteiger partial charge in [0.15, 0.2) is 11.5 Å². The molecule has 134 valence electrons. The molecule has 27 heavy (non-hydrogen) atoms. The van der Waals surface area contributed by atoms with Gasteiger partial charge in [-0.1, -0.05) is 24.3 Å². The average molecular weight is 363 g/mol. The number of benzene rings is 2. The third-order valence-electron chi connectivity index (χ3n) is 4.24. The van der Waals surface area contributed by atoms with Gasteiger partial charge < -0.3 is 14.2 Å². The molecule has 2 N–H and O–H groups in total. The minimum atomic E-state index is 0.165. The summed E-state index contributed by atoms with van der Waals surface area (Å²) in [6.07, 6.45) is 0. The largest absolute Gasteiger partial charge is 0.493 e. The summed E-state index contributed by atoms with van der Waals surface area (Å²) in [5, 5.41) is 25.3. The molecule has 0 saturated carbocycles. The molecule has 1 aliphatic rings. The molecule has 0 atom stereocenters. The van der Waals surface area contributed by atoms with Crippen LogP contribution in [-0.4, -0.2) is 49.9 Å². The van der Waals surface area contributed by atoms with E-state index in [0.29, 0.717) is 34.5 Å². The van der Waals surface area contributed by atoms with Crippen molar-refractivity contribution in [3.05, 3.63) is 36.4 Å². The van der Waals surface area contributed by atoms with Gasteiger partial charge in [-0.2, -0.15) is 20.6 Å². The Bertz CT molecular complexity index is 1090. The zero-order valence-electron chi connectivity index (χ0n) is 14.1. The highest BCUT2D eigenvalue weighted by molar-refractivity contribution is 5.80. The Morgan fingerprint density at radius 2 is 1.67 bits per heavy atom. The summed E-state index contributed by atoms with van der Waals surface area (Å²) in [6.45, 7) is 0.165. The van der Waals surface area contributed by atoms with Crippen molar-refractivity contribution in [3.8, 4) is 51.2 Å². The van der Waals surface area contributed by atoms with E-state index >= 15 is 0 Å². The number of nitrogens with zero attached hydrogens (tertiary/aromatic N) is 5. The minimum absolute atomic E-state index is 0.165. The second-order valence-electron chi connectivity index (χ2n) is 5.75. The van der Waals surface area contributed by atoms with Crippen LogP contribution in [0.25, 0.3) is 33.9 Å². The molecular formula is C17H13N7O3. The van der Waals surface area contributed by atoms with E-state index in [1.807, 2.05) is 36.4 Å². The Morgan fingerprint density at radius 3 is 2.41 bits per heavy atom. The molecule has 0 radical (unpaired) electrons. The van der Waals surface area contributed by atoms with Crippen LogP contribution in [0.1, 0.15) is 0 Å². The molecule has 10 heteroatoms. The molecule has 3 heterocycles. The summed E-state index contributed by atoms with van der Waals surface area (Å²) >= 11 is 0. The fraction of sp³-hybridized carbons (Fsp3) is 0.118. The zero-order valence-corrected chi connectivity index (χ0v) is 14.1. The summed E-state index contributed by atoms with van der Waals surface area (Å²) in [6, 6.07) is 11.4. The molecule has 0 saturated heterocycles. The first-order chi connectivity index (χ1) is 13.3. The Labute approximate surface area is 152 Å². The van der Waals surface area contributed by atoms with Crippen LogP contribution >= 0.6 is 0 Å². The first-order valence-electron chi connectivity index (χ1n) is 8.06. The number of aromatic amines is 2. The predicted octanol–water partition coefficient (Wildman–Crippen LogP) is 2.06. The van der Waals surface area contributed by atoms with Crippen LogP contribution in [0.4, 0.5) is 0 Å². The second-order valence-corrected chi connectivity index (χ2v) is 5.75. The van der Waals surface area contributed by atoms with Crippen LogP contribution in [0.15, 0.2) is 36.4 Å². The number of tetrazole rings is 1. The normalized spacial score (nSPS) is 12.3. The number of ether oxygens (including phenoxy) is 3. The van der Waals surface area contributed by atoms with E-state index in [4.69, 9.17) is 14.2 Å². The Balaban J connectivity index is 1.55. The maximum Gasteiger partial charge on any atom is 0.231 e. The third kappa shape index (κ3) is 2.54. The number of H-pyrrole nitrogens is 2. The Kier molecular flexibility index (Phi) is 3.46. The highest BCUT2D eigenvalue weighted by Crippen LogP contribution is 2.45. The summed E-state index contributed by atoms with van der Waals surface area (Å²) in [4.78, 5) is 0. The van der Waals surface area contributed by atoms with Crippen molar-refractivity contribution in [2.75, 3.05) is 13.9 Å². The van der Waals surface area contributed by atoms with Crippen molar-refractivity contribution in [3.63, 3.8) is 0 Å². The van der Waals surface area contributed by atoms with Crippen molar-refractivity contribution in [1.82, 2.24) is 36.0 Å². The van der Waals surface area contributed by atoms with Crippen LogP contribution in [0.2, 0.25) is 0 Å². The Hall–Kier alpha value is -3.95. The van der Waals surface area contributed by atoms with Gasteiger partial charge in [0.25, 0.3) is 0 Å². The van der Waals surface area contributed by atoms with Gasteiger partial charge in [0, 0.05) is 16.7 Å².